The Balaban J connectivity index is 1.88. The number of rotatable bonds is 5. The minimum Gasteiger partial charge on any atom is -0.384 e. The lowest BCUT2D eigenvalue weighted by Crippen LogP contribution is -2.42. The molecule has 0 aromatic heterocycles. The Morgan fingerprint density at radius 3 is 2.50 bits per heavy atom. The van der Waals surface area contributed by atoms with Crippen LogP contribution in [0.15, 0.2) is 30.3 Å². The van der Waals surface area contributed by atoms with Crippen LogP contribution < -0.4 is 5.32 Å². The highest BCUT2D eigenvalue weighted by Crippen LogP contribution is 2.28. The van der Waals surface area contributed by atoms with Crippen molar-refractivity contribution in [2.45, 2.75) is 51.2 Å². The molecule has 0 radical (unpaired) electrons. The lowest BCUT2D eigenvalue weighted by atomic mass is 9.94. The van der Waals surface area contributed by atoms with Crippen molar-refractivity contribution in [1.82, 2.24) is 5.32 Å². The van der Waals surface area contributed by atoms with Crippen molar-refractivity contribution in [3.05, 3.63) is 35.9 Å². The summed E-state index contributed by atoms with van der Waals surface area (Å²) in [6, 6.07) is 10.4. The monoisotopic (exact) mass is 247 g/mol. The zero-order chi connectivity index (χ0) is 13.0. The van der Waals surface area contributed by atoms with Gasteiger partial charge in [-0.25, -0.2) is 0 Å². The summed E-state index contributed by atoms with van der Waals surface area (Å²) in [6.45, 7) is 4.75. The third-order valence-electron chi connectivity index (χ3n) is 4.27. The van der Waals surface area contributed by atoms with Crippen molar-refractivity contribution < 1.29 is 5.11 Å². The van der Waals surface area contributed by atoms with Gasteiger partial charge in [-0.05, 0) is 38.2 Å². The third-order valence-corrected chi connectivity index (χ3v) is 4.27. The summed E-state index contributed by atoms with van der Waals surface area (Å²) in [5.41, 5.74) is 0.199. The average Bonchev–Trinajstić information content (AvgIpc) is 2.91. The molecule has 2 nitrogen and oxygen atoms in total. The number of benzene rings is 1. The van der Waals surface area contributed by atoms with Crippen molar-refractivity contribution in [3.8, 4) is 0 Å². The van der Waals surface area contributed by atoms with E-state index in [9.17, 15) is 5.11 Å². The molecule has 0 saturated heterocycles. The molecule has 0 amide bonds. The van der Waals surface area contributed by atoms with Gasteiger partial charge in [-0.15, -0.1) is 0 Å². The van der Waals surface area contributed by atoms with E-state index in [0.717, 1.165) is 11.5 Å². The normalized spacial score (nSPS) is 21.7. The topological polar surface area (TPSA) is 32.3 Å². The summed E-state index contributed by atoms with van der Waals surface area (Å²) in [4.78, 5) is 0. The maximum Gasteiger partial charge on any atom is 0.0992 e. The van der Waals surface area contributed by atoms with Gasteiger partial charge in [-0.3, -0.25) is 0 Å². The Hall–Kier alpha value is -0.860. The van der Waals surface area contributed by atoms with Gasteiger partial charge in [0.2, 0.25) is 0 Å². The van der Waals surface area contributed by atoms with Gasteiger partial charge in [0.05, 0.1) is 5.60 Å². The second kappa shape index (κ2) is 5.85. The number of hydrogen-bond acceptors (Lipinski definition) is 2. The van der Waals surface area contributed by atoms with E-state index in [1.165, 1.54) is 25.7 Å². The van der Waals surface area contributed by atoms with Crippen molar-refractivity contribution >= 4 is 0 Å². The van der Waals surface area contributed by atoms with Crippen molar-refractivity contribution in [1.29, 1.82) is 0 Å². The molecule has 2 rings (SSSR count). The van der Waals surface area contributed by atoms with E-state index >= 15 is 0 Å². The molecule has 1 unspecified atom stereocenters. The van der Waals surface area contributed by atoms with E-state index in [1.807, 2.05) is 37.3 Å². The van der Waals surface area contributed by atoms with Crippen LogP contribution in [-0.2, 0) is 5.60 Å². The molecule has 1 aliphatic carbocycles. The first-order valence-corrected chi connectivity index (χ1v) is 7.11. The SMILES string of the molecule is C[C@H](NCC(C)(O)c1ccccc1)C1CCCC1. The zero-order valence-corrected chi connectivity index (χ0v) is 11.5. The van der Waals surface area contributed by atoms with Crippen LogP contribution in [0.25, 0.3) is 0 Å². The lowest BCUT2D eigenvalue weighted by molar-refractivity contribution is 0.0521. The Morgan fingerprint density at radius 2 is 1.89 bits per heavy atom. The highest BCUT2D eigenvalue weighted by Gasteiger charge is 2.26. The number of hydrogen-bond donors (Lipinski definition) is 2. The molecule has 2 atom stereocenters. The van der Waals surface area contributed by atoms with E-state index < -0.39 is 5.60 Å². The summed E-state index contributed by atoms with van der Waals surface area (Å²) < 4.78 is 0. The highest BCUT2D eigenvalue weighted by molar-refractivity contribution is 5.21. The maximum atomic E-state index is 10.5. The fourth-order valence-electron chi connectivity index (χ4n) is 2.88. The van der Waals surface area contributed by atoms with E-state index in [2.05, 4.69) is 12.2 Å². The molecular formula is C16H25NO. The fraction of sp³-hybridized carbons (Fsp3) is 0.625. The summed E-state index contributed by atoms with van der Waals surface area (Å²) >= 11 is 0. The number of aliphatic hydroxyl groups is 1. The minimum absolute atomic E-state index is 0.502. The molecule has 1 aromatic carbocycles. The fourth-order valence-corrected chi connectivity index (χ4v) is 2.88. The minimum atomic E-state index is -0.784. The molecule has 1 fully saturated rings. The van der Waals surface area contributed by atoms with Crippen molar-refractivity contribution in [2.75, 3.05) is 6.54 Å². The molecule has 1 saturated carbocycles. The summed E-state index contributed by atoms with van der Waals surface area (Å²) in [7, 11) is 0. The average molecular weight is 247 g/mol. The molecule has 0 heterocycles. The first-order chi connectivity index (χ1) is 8.59. The van der Waals surface area contributed by atoms with Crippen molar-refractivity contribution in [3.63, 3.8) is 0 Å². The van der Waals surface area contributed by atoms with Crippen molar-refractivity contribution in [2.24, 2.45) is 5.92 Å². The molecular weight excluding hydrogens is 222 g/mol. The Kier molecular flexibility index (Phi) is 4.41. The van der Waals surface area contributed by atoms with Gasteiger partial charge in [0, 0.05) is 12.6 Å². The summed E-state index contributed by atoms with van der Waals surface area (Å²) in [5, 5.41) is 14.0. The first-order valence-electron chi connectivity index (χ1n) is 7.11. The van der Waals surface area contributed by atoms with Crippen LogP contribution in [0.2, 0.25) is 0 Å². The van der Waals surface area contributed by atoms with Gasteiger partial charge in [0.25, 0.3) is 0 Å². The van der Waals surface area contributed by atoms with E-state index in [-0.39, 0.29) is 0 Å². The van der Waals surface area contributed by atoms with Crippen LogP contribution in [0.3, 0.4) is 0 Å². The van der Waals surface area contributed by atoms with Gasteiger partial charge in [0.15, 0.2) is 0 Å². The molecule has 2 N–H and O–H groups in total. The standard InChI is InChI=1S/C16H25NO/c1-13(14-8-6-7-9-14)17-12-16(2,18)15-10-4-3-5-11-15/h3-5,10-11,13-14,17-18H,6-9,12H2,1-2H3/t13-,16?/m0/s1. The largest absolute Gasteiger partial charge is 0.384 e. The molecule has 1 aliphatic rings. The Bertz CT molecular complexity index is 355. The predicted molar refractivity (Wildman–Crippen MR) is 75.4 cm³/mol. The summed E-state index contributed by atoms with van der Waals surface area (Å²) in [6.07, 6.45) is 5.40. The van der Waals surface area contributed by atoms with E-state index in [0.29, 0.717) is 12.6 Å². The molecule has 18 heavy (non-hydrogen) atoms. The lowest BCUT2D eigenvalue weighted by Gasteiger charge is -2.28. The summed E-state index contributed by atoms with van der Waals surface area (Å²) in [5.74, 6) is 0.788. The molecule has 0 spiro atoms. The molecule has 100 valence electrons. The molecule has 1 aromatic rings. The van der Waals surface area contributed by atoms with Crippen LogP contribution in [0.5, 0.6) is 0 Å². The van der Waals surface area contributed by atoms with Crippen LogP contribution in [-0.4, -0.2) is 17.7 Å². The number of nitrogens with one attached hydrogen (secondary N) is 1. The quantitative estimate of drug-likeness (QED) is 0.838. The Morgan fingerprint density at radius 1 is 1.28 bits per heavy atom. The van der Waals surface area contributed by atoms with Crippen LogP contribution in [0.4, 0.5) is 0 Å². The second-order valence-electron chi connectivity index (χ2n) is 5.85. The molecule has 0 aliphatic heterocycles. The van der Waals surface area contributed by atoms with Gasteiger partial charge in [0.1, 0.15) is 0 Å². The predicted octanol–water partition coefficient (Wildman–Crippen LogP) is 3.06. The van der Waals surface area contributed by atoms with Gasteiger partial charge in [-0.2, -0.15) is 0 Å². The van der Waals surface area contributed by atoms with Crippen LogP contribution in [0, 0.1) is 5.92 Å². The van der Waals surface area contributed by atoms with Gasteiger partial charge >= 0.3 is 0 Å². The third kappa shape index (κ3) is 3.33. The second-order valence-corrected chi connectivity index (χ2v) is 5.85. The molecule has 0 bridgehead atoms. The van der Waals surface area contributed by atoms with Crippen LogP contribution in [0.1, 0.15) is 45.1 Å². The maximum absolute atomic E-state index is 10.5. The van der Waals surface area contributed by atoms with Gasteiger partial charge in [-0.1, -0.05) is 43.2 Å². The molecule has 2 heteroatoms. The first kappa shape index (κ1) is 13.6. The highest BCUT2D eigenvalue weighted by atomic mass is 16.3. The van der Waals surface area contributed by atoms with Gasteiger partial charge < -0.3 is 10.4 Å². The van der Waals surface area contributed by atoms with Crippen LogP contribution >= 0.6 is 0 Å². The zero-order valence-electron chi connectivity index (χ0n) is 11.5. The van der Waals surface area contributed by atoms with E-state index in [1.54, 1.807) is 0 Å². The van der Waals surface area contributed by atoms with E-state index in [4.69, 9.17) is 0 Å². The Labute approximate surface area is 110 Å². The smallest absolute Gasteiger partial charge is 0.0992 e.